The Labute approximate surface area is 78.1 Å². The van der Waals surface area contributed by atoms with Crippen LogP contribution in [-0.2, 0) is 9.53 Å². The van der Waals surface area contributed by atoms with E-state index < -0.39 is 0 Å². The van der Waals surface area contributed by atoms with Crippen LogP contribution in [0.15, 0.2) is 11.6 Å². The summed E-state index contributed by atoms with van der Waals surface area (Å²) in [6.45, 7) is 2.23. The van der Waals surface area contributed by atoms with E-state index in [4.69, 9.17) is 4.74 Å². The van der Waals surface area contributed by atoms with Gasteiger partial charge in [0.05, 0.1) is 12.7 Å². The summed E-state index contributed by atoms with van der Waals surface area (Å²) in [5.74, 6) is 0.494. The molecule has 72 valence electrons. The number of esters is 1. The molecule has 3 heteroatoms. The minimum absolute atomic E-state index is 0.176. The Morgan fingerprint density at radius 1 is 1.69 bits per heavy atom. The van der Waals surface area contributed by atoms with Gasteiger partial charge >= 0.3 is 5.97 Å². The Morgan fingerprint density at radius 3 is 3.15 bits per heavy atom. The summed E-state index contributed by atoms with van der Waals surface area (Å²) in [6, 6.07) is 0.805. The summed E-state index contributed by atoms with van der Waals surface area (Å²) < 4.78 is 4.73. The highest BCUT2D eigenvalue weighted by Gasteiger charge is 2.37. The zero-order chi connectivity index (χ0) is 9.42. The van der Waals surface area contributed by atoms with Crippen LogP contribution < -0.4 is 5.32 Å². The average Bonchev–Trinajstić information content (AvgIpc) is 2.42. The van der Waals surface area contributed by atoms with E-state index in [-0.39, 0.29) is 12.0 Å². The second-order valence-electron chi connectivity index (χ2n) is 3.93. The van der Waals surface area contributed by atoms with Crippen molar-refractivity contribution in [1.29, 1.82) is 0 Å². The summed E-state index contributed by atoms with van der Waals surface area (Å²) in [5.41, 5.74) is 0.822. The number of nitrogens with one attached hydrogen (secondary N) is 1. The number of hydrogen-bond acceptors (Lipinski definition) is 3. The van der Waals surface area contributed by atoms with Crippen LogP contribution in [-0.4, -0.2) is 25.2 Å². The van der Waals surface area contributed by atoms with E-state index >= 15 is 0 Å². The van der Waals surface area contributed by atoms with Gasteiger partial charge in [0.2, 0.25) is 0 Å². The van der Waals surface area contributed by atoms with Gasteiger partial charge in [-0.1, -0.05) is 13.0 Å². The molecule has 0 aromatic carbocycles. The number of rotatable bonds is 1. The minimum atomic E-state index is -0.176. The maximum atomic E-state index is 11.3. The van der Waals surface area contributed by atoms with E-state index in [1.54, 1.807) is 0 Å². The summed E-state index contributed by atoms with van der Waals surface area (Å²) >= 11 is 0. The highest BCUT2D eigenvalue weighted by Crippen LogP contribution is 2.31. The molecule has 0 aromatic rings. The zero-order valence-electron chi connectivity index (χ0n) is 8.04. The summed E-state index contributed by atoms with van der Waals surface area (Å²) in [7, 11) is 1.44. The van der Waals surface area contributed by atoms with Crippen LogP contribution >= 0.6 is 0 Å². The van der Waals surface area contributed by atoms with Crippen LogP contribution in [0.25, 0.3) is 0 Å². The highest BCUT2D eigenvalue weighted by molar-refractivity contribution is 5.90. The normalized spacial score (nSPS) is 37.1. The van der Waals surface area contributed by atoms with Gasteiger partial charge in [0.25, 0.3) is 0 Å². The van der Waals surface area contributed by atoms with Crippen molar-refractivity contribution in [3.8, 4) is 0 Å². The molecular formula is C10H15NO2. The minimum Gasteiger partial charge on any atom is -0.466 e. The van der Waals surface area contributed by atoms with Crippen molar-refractivity contribution >= 4 is 5.97 Å². The van der Waals surface area contributed by atoms with Crippen molar-refractivity contribution in [2.24, 2.45) is 5.92 Å². The lowest BCUT2D eigenvalue weighted by Crippen LogP contribution is -2.37. The van der Waals surface area contributed by atoms with Crippen molar-refractivity contribution in [1.82, 2.24) is 5.32 Å². The third-order valence-corrected chi connectivity index (χ3v) is 3.10. The molecule has 0 saturated carbocycles. The van der Waals surface area contributed by atoms with Crippen LogP contribution in [0, 0.1) is 5.92 Å². The number of carbonyl (C=O) groups is 1. The van der Waals surface area contributed by atoms with E-state index in [2.05, 4.69) is 12.2 Å². The maximum Gasteiger partial charge on any atom is 0.335 e. The fraction of sp³-hybridized carbons (Fsp3) is 0.700. The lowest BCUT2D eigenvalue weighted by Gasteiger charge is -2.21. The molecule has 13 heavy (non-hydrogen) atoms. The van der Waals surface area contributed by atoms with Crippen LogP contribution in [0.4, 0.5) is 0 Å². The van der Waals surface area contributed by atoms with Crippen LogP contribution in [0.5, 0.6) is 0 Å². The third-order valence-electron chi connectivity index (χ3n) is 3.10. The average molecular weight is 181 g/mol. The maximum absolute atomic E-state index is 11.3. The van der Waals surface area contributed by atoms with Gasteiger partial charge in [-0.05, 0) is 18.8 Å². The smallest absolute Gasteiger partial charge is 0.335 e. The first-order valence-corrected chi connectivity index (χ1v) is 4.76. The fourth-order valence-electron chi connectivity index (χ4n) is 2.28. The fourth-order valence-corrected chi connectivity index (χ4v) is 2.28. The molecule has 2 aliphatic heterocycles. The zero-order valence-corrected chi connectivity index (χ0v) is 8.04. The lowest BCUT2D eigenvalue weighted by molar-refractivity contribution is -0.136. The van der Waals surface area contributed by atoms with Crippen LogP contribution in [0.3, 0.4) is 0 Å². The molecule has 2 aliphatic rings. The van der Waals surface area contributed by atoms with Gasteiger partial charge in [-0.2, -0.15) is 0 Å². The first-order valence-electron chi connectivity index (χ1n) is 4.76. The number of carbonyl (C=O) groups excluding carboxylic acids is 1. The molecule has 0 spiro atoms. The molecule has 2 bridgehead atoms. The van der Waals surface area contributed by atoms with Crippen molar-refractivity contribution in [2.45, 2.75) is 31.8 Å². The van der Waals surface area contributed by atoms with E-state index in [0.29, 0.717) is 12.0 Å². The third kappa shape index (κ3) is 1.37. The molecule has 3 nitrogen and oxygen atoms in total. The number of hydrogen-bond donors (Lipinski definition) is 1. The van der Waals surface area contributed by atoms with Gasteiger partial charge < -0.3 is 10.1 Å². The predicted octanol–water partition coefficient (Wildman–Crippen LogP) is 0.856. The van der Waals surface area contributed by atoms with Crippen LogP contribution in [0.1, 0.15) is 19.8 Å². The first kappa shape index (κ1) is 8.75. The Balaban J connectivity index is 2.15. The summed E-state index contributed by atoms with van der Waals surface area (Å²) in [5, 5.41) is 3.44. The first-order chi connectivity index (χ1) is 6.22. The van der Waals surface area contributed by atoms with Crippen molar-refractivity contribution < 1.29 is 9.53 Å². The topological polar surface area (TPSA) is 38.3 Å². The van der Waals surface area contributed by atoms with Crippen molar-refractivity contribution in [3.63, 3.8) is 0 Å². The Hall–Kier alpha value is -0.830. The van der Waals surface area contributed by atoms with Gasteiger partial charge in [0.15, 0.2) is 0 Å². The molecule has 0 unspecified atom stereocenters. The molecular weight excluding hydrogens is 166 g/mol. The van der Waals surface area contributed by atoms with E-state index in [1.165, 1.54) is 7.11 Å². The molecule has 0 aromatic heterocycles. The largest absolute Gasteiger partial charge is 0.466 e. The molecule has 1 N–H and O–H groups in total. The number of methoxy groups -OCH3 is 1. The van der Waals surface area contributed by atoms with Crippen molar-refractivity contribution in [3.05, 3.63) is 11.6 Å². The number of ether oxygens (including phenoxy) is 1. The van der Waals surface area contributed by atoms with Gasteiger partial charge in [0.1, 0.15) is 0 Å². The van der Waals surface area contributed by atoms with Gasteiger partial charge in [0, 0.05) is 12.1 Å². The predicted molar refractivity (Wildman–Crippen MR) is 49.2 cm³/mol. The van der Waals surface area contributed by atoms with Crippen molar-refractivity contribution in [2.75, 3.05) is 7.11 Å². The molecule has 1 saturated heterocycles. The number of fused-ring (bicyclic) bond motifs is 2. The molecule has 0 amide bonds. The van der Waals surface area contributed by atoms with Gasteiger partial charge in [-0.25, -0.2) is 4.79 Å². The highest BCUT2D eigenvalue weighted by atomic mass is 16.5. The standard InChI is InChI=1S/C10H15NO2/c1-6-5-9-7(10(12)13-2)3-4-8(6)11-9/h3,6,8-9,11H,4-5H2,1-2H3/t6-,8-,9-/m1/s1. The monoisotopic (exact) mass is 181 g/mol. The molecule has 0 radical (unpaired) electrons. The Bertz CT molecular complexity index is 258. The molecule has 2 rings (SSSR count). The van der Waals surface area contributed by atoms with E-state index in [1.807, 2.05) is 6.08 Å². The summed E-state index contributed by atoms with van der Waals surface area (Å²) in [6.07, 6.45) is 4.05. The van der Waals surface area contributed by atoms with E-state index in [0.717, 1.165) is 18.4 Å². The molecule has 2 heterocycles. The van der Waals surface area contributed by atoms with Gasteiger partial charge in [-0.3, -0.25) is 0 Å². The molecule has 0 aliphatic carbocycles. The Kier molecular flexibility index (Phi) is 2.12. The second kappa shape index (κ2) is 3.14. The summed E-state index contributed by atoms with van der Waals surface area (Å²) in [4.78, 5) is 11.3. The van der Waals surface area contributed by atoms with Crippen LogP contribution in [0.2, 0.25) is 0 Å². The van der Waals surface area contributed by atoms with Gasteiger partial charge in [-0.15, -0.1) is 0 Å². The SMILES string of the molecule is COC(=O)C1=CC[C@H]2N[C@@H]1C[C@H]2C. The molecule has 3 atom stereocenters. The van der Waals surface area contributed by atoms with E-state index in [9.17, 15) is 4.79 Å². The lowest BCUT2D eigenvalue weighted by atomic mass is 10.0. The quantitative estimate of drug-likeness (QED) is 0.610. The Morgan fingerprint density at radius 2 is 2.46 bits per heavy atom. The second-order valence-corrected chi connectivity index (χ2v) is 3.93. The molecule has 1 fully saturated rings.